The zero-order valence-electron chi connectivity index (χ0n) is 15.5. The van der Waals surface area contributed by atoms with Gasteiger partial charge >= 0.3 is 0 Å². The van der Waals surface area contributed by atoms with Crippen molar-refractivity contribution >= 4 is 9.84 Å². The second-order valence-corrected chi connectivity index (χ2v) is 9.59. The molecule has 0 amide bonds. The summed E-state index contributed by atoms with van der Waals surface area (Å²) in [5.41, 5.74) is 0.933. The predicted octanol–water partition coefficient (Wildman–Crippen LogP) is 2.68. The van der Waals surface area contributed by atoms with Crippen molar-refractivity contribution in [3.05, 3.63) is 60.2 Å². The molecule has 2 atom stereocenters. The van der Waals surface area contributed by atoms with Crippen molar-refractivity contribution in [1.82, 2.24) is 0 Å². The van der Waals surface area contributed by atoms with Gasteiger partial charge < -0.3 is 14.0 Å². The highest BCUT2D eigenvalue weighted by molar-refractivity contribution is 7.91. The van der Waals surface area contributed by atoms with E-state index in [1.54, 1.807) is 42.5 Å². The van der Waals surface area contributed by atoms with Crippen LogP contribution in [0.2, 0.25) is 0 Å². The first-order valence-corrected chi connectivity index (χ1v) is 10.2. The van der Waals surface area contributed by atoms with E-state index in [4.69, 9.17) is 9.47 Å². The molecule has 1 saturated heterocycles. The molecular formula is C20H26NO4S+. The minimum absolute atomic E-state index is 0.0291. The van der Waals surface area contributed by atoms with Crippen molar-refractivity contribution in [2.45, 2.75) is 22.0 Å². The van der Waals surface area contributed by atoms with E-state index in [0.717, 1.165) is 16.6 Å². The van der Waals surface area contributed by atoms with Crippen LogP contribution >= 0.6 is 0 Å². The molecule has 140 valence electrons. The Balaban J connectivity index is 1.75. The number of nitrogens with zero attached hydrogens (tertiary/aromatic N) is 1. The van der Waals surface area contributed by atoms with E-state index in [0.29, 0.717) is 18.1 Å². The number of rotatable bonds is 5. The van der Waals surface area contributed by atoms with Gasteiger partial charge in [-0.3, -0.25) is 0 Å². The lowest BCUT2D eigenvalue weighted by Crippen LogP contribution is -2.46. The number of ether oxygens (including phenoxy) is 2. The van der Waals surface area contributed by atoms with E-state index in [-0.39, 0.29) is 17.1 Å². The van der Waals surface area contributed by atoms with Crippen molar-refractivity contribution < 1.29 is 22.4 Å². The summed E-state index contributed by atoms with van der Waals surface area (Å²) < 4.78 is 38.0. The molecule has 0 aromatic heterocycles. The number of likely N-dealkylation sites (N-methyl/N-ethyl adjacent to an activating group) is 1. The Bertz CT molecular complexity index is 826. The molecule has 5 nitrogen and oxygen atoms in total. The van der Waals surface area contributed by atoms with Crippen LogP contribution in [0.4, 0.5) is 0 Å². The van der Waals surface area contributed by atoms with E-state index < -0.39 is 9.84 Å². The third kappa shape index (κ3) is 4.51. The normalized spacial score (nSPS) is 21.5. The molecule has 6 heteroatoms. The molecule has 0 radical (unpaired) electrons. The van der Waals surface area contributed by atoms with Gasteiger partial charge in [0.05, 0.1) is 44.1 Å². The number of hydrogen-bond acceptors (Lipinski definition) is 4. The molecule has 2 aromatic carbocycles. The van der Waals surface area contributed by atoms with Crippen LogP contribution in [0.15, 0.2) is 64.4 Å². The van der Waals surface area contributed by atoms with Crippen LogP contribution in [-0.2, 0) is 19.3 Å². The first-order valence-electron chi connectivity index (χ1n) is 8.69. The summed E-state index contributed by atoms with van der Waals surface area (Å²) >= 11 is 0. The summed E-state index contributed by atoms with van der Waals surface area (Å²) in [6, 6.07) is 15.4. The van der Waals surface area contributed by atoms with Gasteiger partial charge in [-0.05, 0) is 29.8 Å². The summed E-state index contributed by atoms with van der Waals surface area (Å²) in [6.45, 7) is 1.93. The Morgan fingerprint density at radius 3 is 2.15 bits per heavy atom. The standard InChI is InChI=1S/C20H26NO4S/c1-21(2,3)13-17-14-24-15-20(25-17)16-9-11-19(12-10-16)26(22,23)18-7-5-4-6-8-18/h4-12,17,20H,13-15H2,1-3H3/q+1/t17-,20+/m1/s1. The minimum Gasteiger partial charge on any atom is -0.375 e. The lowest BCUT2D eigenvalue weighted by atomic mass is 10.1. The Hall–Kier alpha value is -1.73. The second kappa shape index (κ2) is 7.48. The molecular weight excluding hydrogens is 350 g/mol. The maximum Gasteiger partial charge on any atom is 0.206 e. The van der Waals surface area contributed by atoms with Crippen molar-refractivity contribution in [3.8, 4) is 0 Å². The molecule has 26 heavy (non-hydrogen) atoms. The third-order valence-electron chi connectivity index (χ3n) is 4.30. The van der Waals surface area contributed by atoms with Crippen LogP contribution in [0.5, 0.6) is 0 Å². The van der Waals surface area contributed by atoms with Gasteiger partial charge in [0.15, 0.2) is 0 Å². The van der Waals surface area contributed by atoms with Gasteiger partial charge in [-0.2, -0.15) is 0 Å². The number of quaternary nitrogens is 1. The van der Waals surface area contributed by atoms with Crippen molar-refractivity contribution in [3.63, 3.8) is 0 Å². The fraction of sp³-hybridized carbons (Fsp3) is 0.400. The van der Waals surface area contributed by atoms with E-state index in [1.807, 2.05) is 12.1 Å². The van der Waals surface area contributed by atoms with Crippen LogP contribution in [-0.4, -0.2) is 59.9 Å². The van der Waals surface area contributed by atoms with Crippen LogP contribution < -0.4 is 0 Å². The Kier molecular flexibility index (Phi) is 5.48. The van der Waals surface area contributed by atoms with Gasteiger partial charge in [-0.15, -0.1) is 0 Å². The van der Waals surface area contributed by atoms with Crippen molar-refractivity contribution in [2.24, 2.45) is 0 Å². The molecule has 1 heterocycles. The van der Waals surface area contributed by atoms with Crippen molar-refractivity contribution in [2.75, 3.05) is 40.9 Å². The molecule has 0 spiro atoms. The van der Waals surface area contributed by atoms with Gasteiger partial charge in [0.25, 0.3) is 0 Å². The predicted molar refractivity (Wildman–Crippen MR) is 99.7 cm³/mol. The zero-order valence-corrected chi connectivity index (χ0v) is 16.3. The molecule has 3 rings (SSSR count). The average Bonchev–Trinajstić information content (AvgIpc) is 2.61. The fourth-order valence-corrected chi connectivity index (χ4v) is 4.38. The van der Waals surface area contributed by atoms with Crippen LogP contribution in [0.25, 0.3) is 0 Å². The lowest BCUT2D eigenvalue weighted by molar-refractivity contribution is -0.874. The molecule has 1 aliphatic rings. The van der Waals surface area contributed by atoms with Gasteiger partial charge in [-0.25, -0.2) is 8.42 Å². The SMILES string of the molecule is C[N+](C)(C)C[C@@H]1COC[C@@H](c2ccc(S(=O)(=O)c3ccccc3)cc2)O1. The highest BCUT2D eigenvalue weighted by atomic mass is 32.2. The Morgan fingerprint density at radius 1 is 0.923 bits per heavy atom. The Labute approximate surface area is 155 Å². The highest BCUT2D eigenvalue weighted by Gasteiger charge is 2.28. The first kappa shape index (κ1) is 19.0. The molecule has 0 aliphatic carbocycles. The maximum atomic E-state index is 12.7. The smallest absolute Gasteiger partial charge is 0.206 e. The van der Waals surface area contributed by atoms with Crippen molar-refractivity contribution in [1.29, 1.82) is 0 Å². The number of benzene rings is 2. The molecule has 0 unspecified atom stereocenters. The zero-order chi connectivity index (χ0) is 18.8. The maximum absolute atomic E-state index is 12.7. The highest BCUT2D eigenvalue weighted by Crippen LogP contribution is 2.27. The van der Waals surface area contributed by atoms with Crippen LogP contribution in [0, 0.1) is 0 Å². The van der Waals surface area contributed by atoms with E-state index in [9.17, 15) is 8.42 Å². The molecule has 0 N–H and O–H groups in total. The Morgan fingerprint density at radius 2 is 1.54 bits per heavy atom. The number of sulfone groups is 1. The molecule has 0 saturated carbocycles. The van der Waals surface area contributed by atoms with Gasteiger partial charge in [0.1, 0.15) is 18.8 Å². The van der Waals surface area contributed by atoms with E-state index in [2.05, 4.69) is 21.1 Å². The lowest BCUT2D eigenvalue weighted by Gasteiger charge is -2.34. The summed E-state index contributed by atoms with van der Waals surface area (Å²) in [4.78, 5) is 0.583. The summed E-state index contributed by atoms with van der Waals surface area (Å²) in [5, 5.41) is 0. The fourth-order valence-electron chi connectivity index (χ4n) is 3.10. The monoisotopic (exact) mass is 376 g/mol. The first-order chi connectivity index (χ1) is 12.3. The quantitative estimate of drug-likeness (QED) is 0.753. The van der Waals surface area contributed by atoms with Gasteiger partial charge in [0.2, 0.25) is 9.84 Å². The third-order valence-corrected chi connectivity index (χ3v) is 6.08. The molecule has 1 aliphatic heterocycles. The topological polar surface area (TPSA) is 52.6 Å². The second-order valence-electron chi connectivity index (χ2n) is 7.64. The van der Waals surface area contributed by atoms with E-state index >= 15 is 0 Å². The summed E-state index contributed by atoms with van der Waals surface area (Å²) in [5.74, 6) is 0. The number of hydrogen-bond donors (Lipinski definition) is 0. The van der Waals surface area contributed by atoms with Gasteiger partial charge in [0, 0.05) is 0 Å². The van der Waals surface area contributed by atoms with Crippen LogP contribution in [0.1, 0.15) is 11.7 Å². The minimum atomic E-state index is -3.50. The van der Waals surface area contributed by atoms with Crippen LogP contribution in [0.3, 0.4) is 0 Å². The van der Waals surface area contributed by atoms with Gasteiger partial charge in [-0.1, -0.05) is 30.3 Å². The summed E-state index contributed by atoms with van der Waals surface area (Å²) in [6.07, 6.45) is -0.143. The van der Waals surface area contributed by atoms with E-state index in [1.165, 1.54) is 0 Å². The largest absolute Gasteiger partial charge is 0.375 e. The summed E-state index contributed by atoms with van der Waals surface area (Å²) in [7, 11) is 2.87. The molecule has 2 aromatic rings. The molecule has 1 fully saturated rings. The molecule has 0 bridgehead atoms. The average molecular weight is 376 g/mol.